The van der Waals surface area contributed by atoms with Crippen molar-refractivity contribution < 1.29 is 4.79 Å². The number of aryl methyl sites for hydroxylation is 1. The SMILES string of the molecule is Cc1nn(CC(C)C)c(C)c1CCC(=O)N(C)Cc1ccc(C#N)cc1. The van der Waals surface area contributed by atoms with Gasteiger partial charge in [0.2, 0.25) is 5.91 Å². The van der Waals surface area contributed by atoms with Gasteiger partial charge in [0, 0.05) is 32.3 Å². The van der Waals surface area contributed by atoms with E-state index in [1.807, 2.05) is 26.1 Å². The zero-order chi connectivity index (χ0) is 19.3. The van der Waals surface area contributed by atoms with Crippen LogP contribution in [0, 0.1) is 31.1 Å². The zero-order valence-corrected chi connectivity index (χ0v) is 16.4. The summed E-state index contributed by atoms with van der Waals surface area (Å²) in [5, 5.41) is 13.5. The van der Waals surface area contributed by atoms with Crippen LogP contribution in [0.2, 0.25) is 0 Å². The van der Waals surface area contributed by atoms with Gasteiger partial charge in [0.1, 0.15) is 0 Å². The summed E-state index contributed by atoms with van der Waals surface area (Å²) in [5.74, 6) is 0.658. The van der Waals surface area contributed by atoms with Crippen LogP contribution in [0.1, 0.15) is 48.3 Å². The Balaban J connectivity index is 1.95. The normalized spacial score (nSPS) is 10.8. The molecule has 0 unspecified atom stereocenters. The van der Waals surface area contributed by atoms with Gasteiger partial charge in [-0.05, 0) is 49.4 Å². The highest BCUT2D eigenvalue weighted by Crippen LogP contribution is 2.17. The predicted octanol–water partition coefficient (Wildman–Crippen LogP) is 3.62. The van der Waals surface area contributed by atoms with Gasteiger partial charge in [-0.3, -0.25) is 9.48 Å². The monoisotopic (exact) mass is 352 g/mol. The molecule has 0 radical (unpaired) electrons. The third-order valence-electron chi connectivity index (χ3n) is 4.59. The van der Waals surface area contributed by atoms with E-state index in [-0.39, 0.29) is 5.91 Å². The maximum atomic E-state index is 12.5. The molecule has 5 nitrogen and oxygen atoms in total. The smallest absolute Gasteiger partial charge is 0.222 e. The number of nitriles is 1. The van der Waals surface area contributed by atoms with Crippen LogP contribution < -0.4 is 0 Å². The van der Waals surface area contributed by atoms with E-state index in [0.29, 0.717) is 30.9 Å². The third-order valence-corrected chi connectivity index (χ3v) is 4.59. The number of aromatic nitrogens is 2. The van der Waals surface area contributed by atoms with Crippen molar-refractivity contribution in [2.24, 2.45) is 5.92 Å². The lowest BCUT2D eigenvalue weighted by Gasteiger charge is -2.17. The molecule has 2 rings (SSSR count). The van der Waals surface area contributed by atoms with Gasteiger partial charge in [0.15, 0.2) is 0 Å². The minimum atomic E-state index is 0.116. The number of rotatable bonds is 7. The van der Waals surface area contributed by atoms with Crippen LogP contribution in [0.25, 0.3) is 0 Å². The van der Waals surface area contributed by atoms with E-state index in [0.717, 1.165) is 17.8 Å². The molecule has 1 amide bonds. The Labute approximate surface area is 156 Å². The number of carbonyl (C=O) groups is 1. The fourth-order valence-electron chi connectivity index (χ4n) is 3.09. The highest BCUT2D eigenvalue weighted by molar-refractivity contribution is 5.76. The lowest BCUT2D eigenvalue weighted by molar-refractivity contribution is -0.130. The van der Waals surface area contributed by atoms with Gasteiger partial charge in [0.05, 0.1) is 17.3 Å². The van der Waals surface area contributed by atoms with Crippen LogP contribution >= 0.6 is 0 Å². The first-order valence-electron chi connectivity index (χ1n) is 9.07. The van der Waals surface area contributed by atoms with Crippen molar-refractivity contribution in [2.75, 3.05) is 7.05 Å². The molecule has 0 saturated carbocycles. The van der Waals surface area contributed by atoms with Gasteiger partial charge in [0.25, 0.3) is 0 Å². The van der Waals surface area contributed by atoms with Crippen LogP contribution in [0.5, 0.6) is 0 Å². The molecule has 26 heavy (non-hydrogen) atoms. The fourth-order valence-corrected chi connectivity index (χ4v) is 3.09. The largest absolute Gasteiger partial charge is 0.341 e. The molecule has 1 heterocycles. The van der Waals surface area contributed by atoms with Crippen molar-refractivity contribution in [2.45, 2.75) is 53.6 Å². The molecule has 2 aromatic rings. The molecule has 5 heteroatoms. The van der Waals surface area contributed by atoms with E-state index in [1.165, 1.54) is 11.3 Å². The van der Waals surface area contributed by atoms with Crippen molar-refractivity contribution in [3.8, 4) is 6.07 Å². The Kier molecular flexibility index (Phi) is 6.57. The van der Waals surface area contributed by atoms with Crippen molar-refractivity contribution in [1.82, 2.24) is 14.7 Å². The maximum Gasteiger partial charge on any atom is 0.222 e. The molecule has 0 atom stereocenters. The fraction of sp³-hybridized carbons (Fsp3) is 0.476. The number of amides is 1. The first-order chi connectivity index (χ1) is 12.3. The Bertz CT molecular complexity index is 797. The second-order valence-corrected chi connectivity index (χ2v) is 7.28. The summed E-state index contributed by atoms with van der Waals surface area (Å²) in [6.07, 6.45) is 1.19. The van der Waals surface area contributed by atoms with Crippen LogP contribution in [0.4, 0.5) is 0 Å². The van der Waals surface area contributed by atoms with E-state index >= 15 is 0 Å². The molecule has 0 bridgehead atoms. The molecule has 0 saturated heterocycles. The average Bonchev–Trinajstić information content (AvgIpc) is 2.86. The molecular weight excluding hydrogens is 324 g/mol. The molecule has 0 aliphatic heterocycles. The highest BCUT2D eigenvalue weighted by atomic mass is 16.2. The van der Waals surface area contributed by atoms with Crippen LogP contribution in [-0.2, 0) is 24.3 Å². The van der Waals surface area contributed by atoms with E-state index in [9.17, 15) is 4.79 Å². The van der Waals surface area contributed by atoms with Crippen LogP contribution in [0.3, 0.4) is 0 Å². The van der Waals surface area contributed by atoms with E-state index < -0.39 is 0 Å². The number of benzene rings is 1. The average molecular weight is 352 g/mol. The van der Waals surface area contributed by atoms with Crippen molar-refractivity contribution in [1.29, 1.82) is 5.26 Å². The third kappa shape index (κ3) is 4.95. The molecule has 138 valence electrons. The van der Waals surface area contributed by atoms with E-state index in [1.54, 1.807) is 17.0 Å². The van der Waals surface area contributed by atoms with E-state index in [2.05, 4.69) is 36.6 Å². The molecule has 1 aromatic carbocycles. The molecule has 0 N–H and O–H groups in total. The van der Waals surface area contributed by atoms with Crippen molar-refractivity contribution in [3.05, 3.63) is 52.3 Å². The second kappa shape index (κ2) is 8.66. The highest BCUT2D eigenvalue weighted by Gasteiger charge is 2.15. The summed E-state index contributed by atoms with van der Waals surface area (Å²) in [6.45, 7) is 9.91. The van der Waals surface area contributed by atoms with Gasteiger partial charge < -0.3 is 4.90 Å². The molecule has 0 fully saturated rings. The minimum Gasteiger partial charge on any atom is -0.341 e. The Morgan fingerprint density at radius 2 is 1.92 bits per heavy atom. The van der Waals surface area contributed by atoms with Crippen LogP contribution in [0.15, 0.2) is 24.3 Å². The summed E-state index contributed by atoms with van der Waals surface area (Å²) in [7, 11) is 1.82. The topological polar surface area (TPSA) is 61.9 Å². The molecule has 0 aliphatic carbocycles. The first kappa shape index (κ1) is 19.7. The molecule has 0 spiro atoms. The Hall–Kier alpha value is -2.61. The minimum absolute atomic E-state index is 0.116. The standard InChI is InChI=1S/C21H28N4O/c1-15(2)13-25-17(4)20(16(3)23-25)10-11-21(26)24(5)14-19-8-6-18(12-22)7-9-19/h6-9,15H,10-11,13-14H2,1-5H3. The predicted molar refractivity (Wildman–Crippen MR) is 102 cm³/mol. The summed E-state index contributed by atoms with van der Waals surface area (Å²) in [6, 6.07) is 9.46. The molecule has 0 aliphatic rings. The van der Waals surface area contributed by atoms with Gasteiger partial charge in [-0.25, -0.2) is 0 Å². The quantitative estimate of drug-likeness (QED) is 0.764. The van der Waals surface area contributed by atoms with Gasteiger partial charge >= 0.3 is 0 Å². The number of carbonyl (C=O) groups excluding carboxylic acids is 1. The van der Waals surface area contributed by atoms with Crippen LogP contribution in [-0.4, -0.2) is 27.6 Å². The Morgan fingerprint density at radius 1 is 1.27 bits per heavy atom. The lowest BCUT2D eigenvalue weighted by atomic mass is 10.1. The molecular formula is C21H28N4O. The lowest BCUT2D eigenvalue weighted by Crippen LogP contribution is -2.26. The zero-order valence-electron chi connectivity index (χ0n) is 16.4. The second-order valence-electron chi connectivity index (χ2n) is 7.28. The van der Waals surface area contributed by atoms with E-state index in [4.69, 9.17) is 5.26 Å². The summed E-state index contributed by atoms with van der Waals surface area (Å²) >= 11 is 0. The van der Waals surface area contributed by atoms with Gasteiger partial charge in [-0.2, -0.15) is 10.4 Å². The van der Waals surface area contributed by atoms with Crippen molar-refractivity contribution in [3.63, 3.8) is 0 Å². The number of hydrogen-bond acceptors (Lipinski definition) is 3. The summed E-state index contributed by atoms with van der Waals surface area (Å²) in [4.78, 5) is 14.2. The number of hydrogen-bond donors (Lipinski definition) is 0. The van der Waals surface area contributed by atoms with Crippen molar-refractivity contribution >= 4 is 5.91 Å². The van der Waals surface area contributed by atoms with Gasteiger partial charge in [-0.15, -0.1) is 0 Å². The molecule has 1 aromatic heterocycles. The number of nitrogens with zero attached hydrogens (tertiary/aromatic N) is 4. The Morgan fingerprint density at radius 3 is 2.50 bits per heavy atom. The summed E-state index contributed by atoms with van der Waals surface area (Å²) < 4.78 is 2.06. The van der Waals surface area contributed by atoms with Gasteiger partial charge in [-0.1, -0.05) is 26.0 Å². The summed E-state index contributed by atoms with van der Waals surface area (Å²) in [5.41, 5.74) is 5.03. The maximum absolute atomic E-state index is 12.5. The first-order valence-corrected chi connectivity index (χ1v) is 9.07.